The van der Waals surface area contributed by atoms with Crippen molar-refractivity contribution < 1.29 is 4.74 Å². The van der Waals surface area contributed by atoms with Crippen LogP contribution in [0, 0.1) is 0 Å². The summed E-state index contributed by atoms with van der Waals surface area (Å²) in [6, 6.07) is 4.53. The molecule has 2 nitrogen and oxygen atoms in total. The van der Waals surface area contributed by atoms with Crippen LogP contribution in [0.5, 0.6) is 5.75 Å². The molecule has 1 aromatic carbocycles. The molecule has 3 rings (SSSR count). The maximum Gasteiger partial charge on any atom is 0.128 e. The van der Waals surface area contributed by atoms with E-state index in [4.69, 9.17) is 16.3 Å². The smallest absolute Gasteiger partial charge is 0.128 e. The van der Waals surface area contributed by atoms with Gasteiger partial charge in [0.25, 0.3) is 0 Å². The molecule has 98 valence electrons. The minimum atomic E-state index is -0.101. The van der Waals surface area contributed by atoms with Crippen LogP contribution in [-0.2, 0) is 6.42 Å². The molecule has 3 heteroatoms. The molecule has 1 atom stereocenters. The molecule has 18 heavy (non-hydrogen) atoms. The fourth-order valence-corrected chi connectivity index (χ4v) is 3.33. The summed E-state index contributed by atoms with van der Waals surface area (Å²) >= 11 is 6.26. The molecule has 0 radical (unpaired) electrons. The van der Waals surface area contributed by atoms with Gasteiger partial charge in [0.1, 0.15) is 11.4 Å². The normalized spacial score (nSPS) is 25.6. The van der Waals surface area contributed by atoms with Gasteiger partial charge in [-0.25, -0.2) is 0 Å². The summed E-state index contributed by atoms with van der Waals surface area (Å²) in [7, 11) is 0. The average Bonchev–Trinajstić information content (AvgIpc) is 2.63. The molecule has 1 aromatic rings. The molecule has 0 spiro atoms. The summed E-state index contributed by atoms with van der Waals surface area (Å²) in [6.45, 7) is 5.37. The van der Waals surface area contributed by atoms with Crippen LogP contribution in [0.4, 0.5) is 0 Å². The predicted molar refractivity (Wildman–Crippen MR) is 74.5 cm³/mol. The van der Waals surface area contributed by atoms with Gasteiger partial charge in [0.2, 0.25) is 0 Å². The molecule has 2 heterocycles. The number of fused-ring (bicyclic) bond motifs is 1. The van der Waals surface area contributed by atoms with Crippen LogP contribution in [0.3, 0.4) is 0 Å². The van der Waals surface area contributed by atoms with E-state index >= 15 is 0 Å². The van der Waals surface area contributed by atoms with Crippen LogP contribution in [0.1, 0.15) is 50.3 Å². The second-order valence-corrected chi connectivity index (χ2v) is 6.46. The molecule has 0 aliphatic carbocycles. The van der Waals surface area contributed by atoms with Crippen molar-refractivity contribution in [1.82, 2.24) is 5.32 Å². The van der Waals surface area contributed by atoms with Gasteiger partial charge in [-0.3, -0.25) is 0 Å². The molecular formula is C15H20ClNO. The van der Waals surface area contributed by atoms with Gasteiger partial charge >= 0.3 is 0 Å². The van der Waals surface area contributed by atoms with Crippen molar-refractivity contribution in [1.29, 1.82) is 0 Å². The summed E-state index contributed by atoms with van der Waals surface area (Å²) in [5, 5.41) is 4.41. The molecule has 0 bridgehead atoms. The number of benzene rings is 1. The zero-order chi connectivity index (χ0) is 12.8. The third-order valence-corrected chi connectivity index (χ3v) is 4.06. The first-order valence-electron chi connectivity index (χ1n) is 6.80. The van der Waals surface area contributed by atoms with Gasteiger partial charge in [-0.15, -0.1) is 0 Å². The van der Waals surface area contributed by atoms with E-state index in [9.17, 15) is 0 Å². The van der Waals surface area contributed by atoms with Crippen molar-refractivity contribution in [2.75, 3.05) is 6.54 Å². The van der Waals surface area contributed by atoms with E-state index < -0.39 is 0 Å². The maximum atomic E-state index is 6.26. The van der Waals surface area contributed by atoms with Gasteiger partial charge in [0.05, 0.1) is 0 Å². The van der Waals surface area contributed by atoms with Crippen LogP contribution in [0.25, 0.3) is 0 Å². The molecule has 1 saturated heterocycles. The van der Waals surface area contributed by atoms with Gasteiger partial charge < -0.3 is 10.1 Å². The van der Waals surface area contributed by atoms with Gasteiger partial charge in [0, 0.05) is 23.0 Å². The summed E-state index contributed by atoms with van der Waals surface area (Å²) in [4.78, 5) is 0. The molecular weight excluding hydrogens is 246 g/mol. The largest absolute Gasteiger partial charge is 0.487 e. The third kappa shape index (κ3) is 2.24. The van der Waals surface area contributed by atoms with Crippen LogP contribution < -0.4 is 10.1 Å². The first kappa shape index (κ1) is 12.3. The lowest BCUT2D eigenvalue weighted by Gasteiger charge is -2.26. The highest BCUT2D eigenvalue weighted by atomic mass is 35.5. The van der Waals surface area contributed by atoms with Crippen molar-refractivity contribution in [3.63, 3.8) is 0 Å². The summed E-state index contributed by atoms with van der Waals surface area (Å²) < 4.78 is 6.13. The van der Waals surface area contributed by atoms with Crippen molar-refractivity contribution in [3.05, 3.63) is 28.3 Å². The highest BCUT2D eigenvalue weighted by molar-refractivity contribution is 6.30. The van der Waals surface area contributed by atoms with Crippen LogP contribution >= 0.6 is 11.6 Å². The van der Waals surface area contributed by atoms with E-state index in [1.54, 1.807) is 0 Å². The number of hydrogen-bond acceptors (Lipinski definition) is 2. The van der Waals surface area contributed by atoms with Crippen molar-refractivity contribution in [3.8, 4) is 5.75 Å². The highest BCUT2D eigenvalue weighted by Gasteiger charge is 2.34. The minimum absolute atomic E-state index is 0.101. The Labute approximate surface area is 114 Å². The maximum absolute atomic E-state index is 6.26. The standard InChI is InChI=1S/C15H20ClNO/c1-15(2)9-10-7-11(16)8-12(14(10)18-15)13-5-3-4-6-17-13/h7-8,13,17H,3-6,9H2,1-2H3. The van der Waals surface area contributed by atoms with Crippen LogP contribution in [0.15, 0.2) is 12.1 Å². The first-order valence-corrected chi connectivity index (χ1v) is 7.18. The lowest BCUT2D eigenvalue weighted by atomic mass is 9.94. The zero-order valence-corrected chi connectivity index (χ0v) is 11.8. The topological polar surface area (TPSA) is 21.3 Å². The van der Waals surface area contributed by atoms with Gasteiger partial charge in [-0.05, 0) is 50.9 Å². The fraction of sp³-hybridized carbons (Fsp3) is 0.600. The molecule has 1 unspecified atom stereocenters. The molecule has 1 fully saturated rings. The van der Waals surface area contributed by atoms with E-state index in [0.29, 0.717) is 6.04 Å². The molecule has 2 aliphatic heterocycles. The molecule has 0 aromatic heterocycles. The molecule has 1 N–H and O–H groups in total. The Bertz CT molecular complexity index is 464. The molecule has 0 saturated carbocycles. The Morgan fingerprint density at radius 2 is 2.17 bits per heavy atom. The summed E-state index contributed by atoms with van der Waals surface area (Å²) in [5.41, 5.74) is 2.41. The van der Waals surface area contributed by atoms with Crippen LogP contribution in [0.2, 0.25) is 5.02 Å². The quantitative estimate of drug-likeness (QED) is 0.832. The Morgan fingerprint density at radius 1 is 1.33 bits per heavy atom. The number of nitrogens with one attached hydrogen (secondary N) is 1. The first-order chi connectivity index (χ1) is 8.55. The van der Waals surface area contributed by atoms with Crippen LogP contribution in [-0.4, -0.2) is 12.1 Å². The Balaban J connectivity index is 2.00. The zero-order valence-electron chi connectivity index (χ0n) is 11.1. The van der Waals surface area contributed by atoms with Crippen molar-refractivity contribution >= 4 is 11.6 Å². The Hall–Kier alpha value is -0.730. The Morgan fingerprint density at radius 3 is 2.89 bits per heavy atom. The summed E-state index contributed by atoms with van der Waals surface area (Å²) in [5.74, 6) is 1.07. The molecule has 2 aliphatic rings. The molecule has 0 amide bonds. The lowest BCUT2D eigenvalue weighted by molar-refractivity contribution is 0.136. The SMILES string of the molecule is CC1(C)Cc2cc(Cl)cc(C3CCCCN3)c2O1. The van der Waals surface area contributed by atoms with E-state index in [0.717, 1.165) is 23.7 Å². The van der Waals surface area contributed by atoms with Crippen molar-refractivity contribution in [2.45, 2.75) is 51.2 Å². The number of ether oxygens (including phenoxy) is 1. The second-order valence-electron chi connectivity index (χ2n) is 6.02. The average molecular weight is 266 g/mol. The highest BCUT2D eigenvalue weighted by Crippen LogP contribution is 2.43. The number of piperidine rings is 1. The number of rotatable bonds is 1. The van der Waals surface area contributed by atoms with E-state index in [-0.39, 0.29) is 5.60 Å². The van der Waals surface area contributed by atoms with Gasteiger partial charge in [0.15, 0.2) is 0 Å². The predicted octanol–water partition coefficient (Wildman–Crippen LogP) is 3.87. The monoisotopic (exact) mass is 265 g/mol. The van der Waals surface area contributed by atoms with Crippen molar-refractivity contribution in [2.24, 2.45) is 0 Å². The number of hydrogen-bond donors (Lipinski definition) is 1. The van der Waals surface area contributed by atoms with E-state index in [1.807, 2.05) is 0 Å². The third-order valence-electron chi connectivity index (χ3n) is 3.84. The van der Waals surface area contributed by atoms with Gasteiger partial charge in [-0.2, -0.15) is 0 Å². The van der Waals surface area contributed by atoms with Gasteiger partial charge in [-0.1, -0.05) is 18.0 Å². The number of halogens is 1. The van der Waals surface area contributed by atoms with E-state index in [1.165, 1.54) is 30.4 Å². The van der Waals surface area contributed by atoms with E-state index in [2.05, 4.69) is 31.3 Å². The Kier molecular flexibility index (Phi) is 3.03. The second kappa shape index (κ2) is 4.43. The fourth-order valence-electron chi connectivity index (χ4n) is 3.08. The minimum Gasteiger partial charge on any atom is -0.487 e. The summed E-state index contributed by atoms with van der Waals surface area (Å²) in [6.07, 6.45) is 4.67. The lowest BCUT2D eigenvalue weighted by Crippen LogP contribution is -2.28.